The fourth-order valence-electron chi connectivity index (χ4n) is 1.85. The number of halogens is 1. The van der Waals surface area contributed by atoms with Crippen LogP contribution in [0.2, 0.25) is 5.02 Å². The second kappa shape index (κ2) is 9.03. The van der Waals surface area contributed by atoms with Gasteiger partial charge >= 0.3 is 0 Å². The molecule has 126 valence electrons. The molecule has 0 spiro atoms. The maximum atomic E-state index is 11.9. The molecule has 0 saturated carbocycles. The van der Waals surface area contributed by atoms with Gasteiger partial charge in [-0.05, 0) is 6.07 Å². The van der Waals surface area contributed by atoms with Crippen molar-refractivity contribution in [2.75, 3.05) is 18.4 Å². The number of rotatable bonds is 9. The number of anilines is 1. The highest BCUT2D eigenvalue weighted by Gasteiger charge is 2.19. The number of amides is 1. The van der Waals surface area contributed by atoms with Gasteiger partial charge in [0.05, 0.1) is 41.1 Å². The third-order valence-corrected chi connectivity index (χ3v) is 3.38. The summed E-state index contributed by atoms with van der Waals surface area (Å²) in [5.41, 5.74) is 3.47. The molecule has 0 unspecified atom stereocenters. The number of non-ortho nitro benzene ring substituents is 1. The van der Waals surface area contributed by atoms with E-state index in [2.05, 4.69) is 11.1 Å². The molecule has 9 nitrogen and oxygen atoms in total. The Balaban J connectivity index is 2.72. The summed E-state index contributed by atoms with van der Waals surface area (Å²) in [6.45, 7) is 1.17. The number of nitro groups is 1. The van der Waals surface area contributed by atoms with Crippen molar-refractivity contribution >= 4 is 34.9 Å². The number of aliphatic carboxylic acids is 1. The fourth-order valence-corrected chi connectivity index (χ4v) is 2.01. The van der Waals surface area contributed by atoms with Crippen LogP contribution in [-0.4, -0.2) is 35.9 Å². The Bertz CT molecular complexity index is 596. The molecule has 23 heavy (non-hydrogen) atoms. The summed E-state index contributed by atoms with van der Waals surface area (Å²) in [4.78, 5) is 33.1. The maximum absolute atomic E-state index is 11.9. The van der Waals surface area contributed by atoms with Crippen molar-refractivity contribution in [2.24, 2.45) is 0 Å². The topological polar surface area (TPSA) is 157 Å². The van der Waals surface area contributed by atoms with Gasteiger partial charge in [0.15, 0.2) is 0 Å². The minimum atomic E-state index is -1.35. The average Bonchev–Trinajstić information content (AvgIpc) is 2.48. The Kier molecular flexibility index (Phi) is 7.39. The molecule has 0 radical (unpaired) electrons. The number of carbonyl (C=O) groups excluding carboxylic acids is 2. The number of hydrogen-bond acceptors (Lipinski definition) is 5. The van der Waals surface area contributed by atoms with E-state index in [0.29, 0.717) is 19.5 Å². The first-order valence-corrected chi connectivity index (χ1v) is 7.30. The molecule has 1 amide bonds. The van der Waals surface area contributed by atoms with E-state index < -0.39 is 22.8 Å². The lowest BCUT2D eigenvalue weighted by atomic mass is 10.2. The summed E-state index contributed by atoms with van der Waals surface area (Å²) in [6.07, 6.45) is 0.376. The molecule has 0 aliphatic rings. The number of nitro benzene ring substituents is 1. The number of nitrogens with one attached hydrogen (secondary N) is 1. The summed E-state index contributed by atoms with van der Waals surface area (Å²) in [7, 11) is 0. The largest absolute Gasteiger partial charge is 0.544 e. The van der Waals surface area contributed by atoms with Gasteiger partial charge in [0.1, 0.15) is 6.04 Å². The van der Waals surface area contributed by atoms with E-state index in [0.717, 1.165) is 6.07 Å². The van der Waals surface area contributed by atoms with Crippen molar-refractivity contribution < 1.29 is 30.7 Å². The van der Waals surface area contributed by atoms with Crippen LogP contribution in [0.4, 0.5) is 11.4 Å². The summed E-state index contributed by atoms with van der Waals surface area (Å²) in [5.74, 6) is -1.97. The number of carbonyl (C=O) groups is 2. The maximum Gasteiger partial charge on any atom is 0.271 e. The Labute approximate surface area is 136 Å². The van der Waals surface area contributed by atoms with E-state index in [1.54, 1.807) is 0 Å². The normalized spacial score (nSPS) is 11.7. The van der Waals surface area contributed by atoms with E-state index >= 15 is 0 Å². The fraction of sp³-hybridized carbons (Fsp3) is 0.385. The van der Waals surface area contributed by atoms with Crippen LogP contribution in [0.1, 0.15) is 12.8 Å². The Hall–Kier alpha value is -2.23. The predicted molar refractivity (Wildman–Crippen MR) is 79.3 cm³/mol. The second-order valence-corrected chi connectivity index (χ2v) is 5.24. The van der Waals surface area contributed by atoms with Crippen LogP contribution < -0.4 is 21.5 Å². The summed E-state index contributed by atoms with van der Waals surface area (Å²) in [6, 6.07) is 2.56. The van der Waals surface area contributed by atoms with E-state index in [9.17, 15) is 24.8 Å². The quantitative estimate of drug-likeness (QED) is 0.265. The Morgan fingerprint density at radius 3 is 2.70 bits per heavy atom. The highest BCUT2D eigenvalue weighted by molar-refractivity contribution is 6.33. The average molecular weight is 346 g/mol. The predicted octanol–water partition coefficient (Wildman–Crippen LogP) is -2.11. The molecular formula is C13H18ClN4O5+. The van der Waals surface area contributed by atoms with Crippen LogP contribution in [0.3, 0.4) is 0 Å². The number of benzene rings is 1. The van der Waals surface area contributed by atoms with Crippen LogP contribution in [0, 0.1) is 10.1 Å². The van der Waals surface area contributed by atoms with Gasteiger partial charge in [-0.2, -0.15) is 0 Å². The van der Waals surface area contributed by atoms with Gasteiger partial charge < -0.3 is 26.3 Å². The molecule has 0 aliphatic heterocycles. The zero-order chi connectivity index (χ0) is 17.4. The third kappa shape index (κ3) is 6.19. The summed E-state index contributed by atoms with van der Waals surface area (Å²) >= 11 is 5.87. The summed E-state index contributed by atoms with van der Waals surface area (Å²) in [5, 5.41) is 25.8. The van der Waals surface area contributed by atoms with E-state index in [1.165, 1.54) is 17.4 Å². The molecule has 0 fully saturated rings. The Morgan fingerprint density at radius 2 is 2.13 bits per heavy atom. The van der Waals surface area contributed by atoms with Gasteiger partial charge in [-0.3, -0.25) is 14.9 Å². The Morgan fingerprint density at radius 1 is 1.43 bits per heavy atom. The molecule has 6 N–H and O–H groups in total. The second-order valence-electron chi connectivity index (χ2n) is 4.83. The monoisotopic (exact) mass is 345 g/mol. The molecule has 1 aromatic carbocycles. The van der Waals surface area contributed by atoms with Crippen molar-refractivity contribution in [3.63, 3.8) is 0 Å². The smallest absolute Gasteiger partial charge is 0.271 e. The zero-order valence-electron chi connectivity index (χ0n) is 12.3. The van der Waals surface area contributed by atoms with Crippen molar-refractivity contribution in [1.29, 1.82) is 0 Å². The lowest BCUT2D eigenvalue weighted by Gasteiger charge is -2.16. The number of hydrogen-bond donors (Lipinski definition) is 3. The van der Waals surface area contributed by atoms with Crippen molar-refractivity contribution in [3.8, 4) is 0 Å². The molecule has 0 bridgehead atoms. The minimum Gasteiger partial charge on any atom is -0.544 e. The number of carboxylic acid groups (broad SMARTS) is 1. The highest BCUT2D eigenvalue weighted by atomic mass is 35.5. The number of quaternary nitrogens is 2. The number of nitrogens with zero attached hydrogens (tertiary/aromatic N) is 1. The molecule has 1 aromatic rings. The first kappa shape index (κ1) is 18.8. The number of carboxylic acids is 1. The summed E-state index contributed by atoms with van der Waals surface area (Å²) < 4.78 is 0. The van der Waals surface area contributed by atoms with Crippen LogP contribution in [0.15, 0.2) is 18.2 Å². The van der Waals surface area contributed by atoms with Crippen LogP contribution in [-0.2, 0) is 9.59 Å². The SMILES string of the molecule is [NH3+]CCC[NH2+][C@@H](CC(=O)Nc1cc([N+](=O)[O-])ccc1Cl)C(=O)[O-]. The van der Waals surface area contributed by atoms with Gasteiger partial charge in [-0.1, -0.05) is 11.6 Å². The van der Waals surface area contributed by atoms with E-state index in [1.807, 2.05) is 0 Å². The van der Waals surface area contributed by atoms with Crippen molar-refractivity contribution in [1.82, 2.24) is 0 Å². The first-order valence-electron chi connectivity index (χ1n) is 6.92. The van der Waals surface area contributed by atoms with Crippen LogP contribution in [0.25, 0.3) is 0 Å². The third-order valence-electron chi connectivity index (χ3n) is 3.05. The van der Waals surface area contributed by atoms with Gasteiger partial charge in [-0.25, -0.2) is 0 Å². The molecule has 0 aromatic heterocycles. The van der Waals surface area contributed by atoms with Gasteiger partial charge in [0.2, 0.25) is 5.91 Å². The molecule has 10 heteroatoms. The molecule has 0 aliphatic carbocycles. The van der Waals surface area contributed by atoms with Crippen molar-refractivity contribution in [3.05, 3.63) is 33.3 Å². The minimum absolute atomic E-state index is 0.0562. The first-order chi connectivity index (χ1) is 10.8. The highest BCUT2D eigenvalue weighted by Crippen LogP contribution is 2.26. The van der Waals surface area contributed by atoms with Gasteiger partial charge in [0, 0.05) is 18.6 Å². The van der Waals surface area contributed by atoms with E-state index in [4.69, 9.17) is 11.6 Å². The molecule has 0 heterocycles. The number of nitrogens with two attached hydrogens (primary N) is 1. The van der Waals surface area contributed by atoms with Crippen LogP contribution >= 0.6 is 11.6 Å². The molecule has 0 saturated heterocycles. The van der Waals surface area contributed by atoms with Crippen LogP contribution in [0.5, 0.6) is 0 Å². The lowest BCUT2D eigenvalue weighted by Crippen LogP contribution is -2.93. The van der Waals surface area contributed by atoms with E-state index in [-0.39, 0.29) is 22.8 Å². The standard InChI is InChI=1S/C13H17ClN4O5/c14-9-3-2-8(18(22)23)6-10(9)17-12(19)7-11(13(20)21)16-5-1-4-15/h2-3,6,11,16H,1,4-5,7,15H2,(H,17,19)(H,20,21)/p+1/t11-/m0/s1. The molecule has 1 atom stereocenters. The lowest BCUT2D eigenvalue weighted by molar-refractivity contribution is -0.684. The van der Waals surface area contributed by atoms with Crippen molar-refractivity contribution in [2.45, 2.75) is 18.9 Å². The van der Waals surface area contributed by atoms with Gasteiger partial charge in [-0.15, -0.1) is 0 Å². The zero-order valence-corrected chi connectivity index (χ0v) is 13.0. The molecular weight excluding hydrogens is 328 g/mol. The molecule has 1 rings (SSSR count). The van der Waals surface area contributed by atoms with Gasteiger partial charge in [0.25, 0.3) is 5.69 Å².